The monoisotopic (exact) mass is 283 g/mol. The Bertz CT molecular complexity index is 689. The molecule has 1 saturated carbocycles. The highest BCUT2D eigenvalue weighted by Crippen LogP contribution is 2.38. The topological polar surface area (TPSA) is 63.9 Å². The molecule has 21 heavy (non-hydrogen) atoms. The van der Waals surface area contributed by atoms with Crippen LogP contribution in [0.1, 0.15) is 24.5 Å². The molecule has 1 aliphatic heterocycles. The third-order valence-electron chi connectivity index (χ3n) is 4.16. The van der Waals surface area contributed by atoms with E-state index in [9.17, 15) is 4.79 Å². The van der Waals surface area contributed by atoms with Gasteiger partial charge < -0.3 is 4.90 Å². The Hall–Kier alpha value is -2.24. The molecule has 6 nitrogen and oxygen atoms in total. The predicted octanol–water partition coefficient (Wildman–Crippen LogP) is 1.05. The van der Waals surface area contributed by atoms with Crippen LogP contribution in [0, 0.1) is 5.92 Å². The molecule has 2 aromatic heterocycles. The molecule has 1 saturated heterocycles. The zero-order valence-electron chi connectivity index (χ0n) is 11.7. The molecular formula is C15H17N5O. The Labute approximate surface area is 122 Å². The quantitative estimate of drug-likeness (QED) is 0.839. The minimum absolute atomic E-state index is 0.000105. The molecule has 2 aliphatic rings. The first kappa shape index (κ1) is 12.5. The third kappa shape index (κ3) is 2.53. The Morgan fingerprint density at radius 1 is 1.19 bits per heavy atom. The van der Waals surface area contributed by atoms with Crippen molar-refractivity contribution in [1.82, 2.24) is 19.7 Å². The molecule has 0 bridgehead atoms. The lowest BCUT2D eigenvalue weighted by atomic mass is 10.0. The summed E-state index contributed by atoms with van der Waals surface area (Å²) in [5.74, 6) is 1.99. The van der Waals surface area contributed by atoms with Gasteiger partial charge in [-0.1, -0.05) is 0 Å². The van der Waals surface area contributed by atoms with Crippen LogP contribution in [0.4, 0.5) is 5.82 Å². The Balaban J connectivity index is 1.42. The van der Waals surface area contributed by atoms with Crippen molar-refractivity contribution in [2.45, 2.75) is 25.3 Å². The lowest BCUT2D eigenvalue weighted by Gasteiger charge is -2.40. The van der Waals surface area contributed by atoms with Gasteiger partial charge in [0.2, 0.25) is 0 Å². The summed E-state index contributed by atoms with van der Waals surface area (Å²) < 4.78 is 1.63. The summed E-state index contributed by atoms with van der Waals surface area (Å²) in [4.78, 5) is 22.3. The molecule has 0 amide bonds. The first-order chi connectivity index (χ1) is 10.3. The van der Waals surface area contributed by atoms with Crippen LogP contribution in [-0.2, 0) is 6.54 Å². The lowest BCUT2D eigenvalue weighted by molar-refractivity contribution is 0.331. The molecule has 0 unspecified atom stereocenters. The maximum absolute atomic E-state index is 11.9. The minimum atomic E-state index is -0.000105. The third-order valence-corrected chi connectivity index (χ3v) is 4.16. The van der Waals surface area contributed by atoms with Gasteiger partial charge in [0.25, 0.3) is 5.56 Å². The van der Waals surface area contributed by atoms with Crippen molar-refractivity contribution in [2.75, 3.05) is 18.0 Å². The van der Waals surface area contributed by atoms with Gasteiger partial charge in [0.15, 0.2) is 0 Å². The van der Waals surface area contributed by atoms with Crippen LogP contribution in [-0.4, -0.2) is 32.8 Å². The van der Waals surface area contributed by atoms with Crippen molar-refractivity contribution in [3.8, 4) is 0 Å². The highest BCUT2D eigenvalue weighted by atomic mass is 16.1. The number of rotatable bonds is 4. The molecule has 6 heteroatoms. The van der Waals surface area contributed by atoms with E-state index < -0.39 is 0 Å². The van der Waals surface area contributed by atoms with Crippen LogP contribution in [0.25, 0.3) is 0 Å². The van der Waals surface area contributed by atoms with E-state index in [0.29, 0.717) is 18.4 Å². The van der Waals surface area contributed by atoms with Crippen molar-refractivity contribution in [2.24, 2.45) is 5.92 Å². The molecule has 2 fully saturated rings. The summed E-state index contributed by atoms with van der Waals surface area (Å²) in [5.41, 5.74) is 1.07. The van der Waals surface area contributed by atoms with Crippen LogP contribution in [0.3, 0.4) is 0 Å². The molecule has 0 spiro atoms. The largest absolute Gasteiger partial charge is 0.356 e. The second-order valence-electron chi connectivity index (χ2n) is 5.89. The van der Waals surface area contributed by atoms with Crippen molar-refractivity contribution < 1.29 is 0 Å². The van der Waals surface area contributed by atoms with E-state index in [-0.39, 0.29) is 5.56 Å². The normalized spacial score (nSPS) is 18.6. The number of nitrogens with zero attached hydrogens (tertiary/aromatic N) is 5. The van der Waals surface area contributed by atoms with Gasteiger partial charge in [-0.25, -0.2) is 14.6 Å². The Kier molecular flexibility index (Phi) is 2.94. The van der Waals surface area contributed by atoms with Gasteiger partial charge in [-0.05, 0) is 25.0 Å². The van der Waals surface area contributed by atoms with Crippen LogP contribution in [0.15, 0.2) is 35.5 Å². The van der Waals surface area contributed by atoms with Crippen LogP contribution in [0.5, 0.6) is 0 Å². The van der Waals surface area contributed by atoms with Gasteiger partial charge in [-0.2, -0.15) is 5.10 Å². The number of anilines is 1. The fraction of sp³-hybridized carbons (Fsp3) is 0.467. The molecule has 0 radical (unpaired) electrons. The highest BCUT2D eigenvalue weighted by Gasteiger charge is 2.29. The average Bonchev–Trinajstić information content (AvgIpc) is 3.29. The van der Waals surface area contributed by atoms with E-state index in [1.165, 1.54) is 12.8 Å². The van der Waals surface area contributed by atoms with Gasteiger partial charge >= 0.3 is 0 Å². The second kappa shape index (κ2) is 4.95. The molecule has 4 rings (SSSR count). The molecule has 1 aliphatic carbocycles. The fourth-order valence-corrected chi connectivity index (χ4v) is 2.78. The molecule has 0 aromatic carbocycles. The van der Waals surface area contributed by atoms with Crippen molar-refractivity contribution in [3.05, 3.63) is 46.8 Å². The maximum Gasteiger partial charge on any atom is 0.266 e. The van der Waals surface area contributed by atoms with E-state index >= 15 is 0 Å². The van der Waals surface area contributed by atoms with Gasteiger partial charge in [-0.15, -0.1) is 0 Å². The SMILES string of the molecule is O=c1ccc(C2CC2)nn1CC1CN(c2ccncn2)C1. The maximum atomic E-state index is 11.9. The number of aromatic nitrogens is 4. The molecule has 2 aromatic rings. The lowest BCUT2D eigenvalue weighted by Crippen LogP contribution is -2.50. The van der Waals surface area contributed by atoms with Gasteiger partial charge in [0.05, 0.1) is 12.2 Å². The van der Waals surface area contributed by atoms with E-state index in [1.807, 2.05) is 12.1 Å². The number of hydrogen-bond acceptors (Lipinski definition) is 5. The summed E-state index contributed by atoms with van der Waals surface area (Å²) in [7, 11) is 0. The van der Waals surface area contributed by atoms with Crippen LogP contribution in [0.2, 0.25) is 0 Å². The standard InChI is InChI=1S/C15H17N5O/c21-15-4-3-13(12-1-2-12)18-20(15)9-11-7-19(8-11)14-5-6-16-10-17-14/h3-6,10-12H,1-2,7-9H2. The van der Waals surface area contributed by atoms with E-state index in [1.54, 1.807) is 23.3 Å². The van der Waals surface area contributed by atoms with Crippen LogP contribution >= 0.6 is 0 Å². The van der Waals surface area contributed by atoms with Crippen LogP contribution < -0.4 is 10.5 Å². The first-order valence-corrected chi connectivity index (χ1v) is 7.38. The van der Waals surface area contributed by atoms with Gasteiger partial charge in [0.1, 0.15) is 12.1 Å². The molecule has 3 heterocycles. The van der Waals surface area contributed by atoms with E-state index in [2.05, 4.69) is 20.0 Å². The highest BCUT2D eigenvalue weighted by molar-refractivity contribution is 5.39. The summed E-state index contributed by atoms with van der Waals surface area (Å²) in [6.07, 6.45) is 5.72. The number of hydrogen-bond donors (Lipinski definition) is 0. The van der Waals surface area contributed by atoms with Gasteiger partial charge in [0, 0.05) is 37.2 Å². The van der Waals surface area contributed by atoms with Gasteiger partial charge in [-0.3, -0.25) is 4.79 Å². The second-order valence-corrected chi connectivity index (χ2v) is 5.89. The summed E-state index contributed by atoms with van der Waals surface area (Å²) in [6, 6.07) is 5.44. The van der Waals surface area contributed by atoms with E-state index in [4.69, 9.17) is 0 Å². The Morgan fingerprint density at radius 2 is 2.05 bits per heavy atom. The zero-order chi connectivity index (χ0) is 14.2. The average molecular weight is 283 g/mol. The molecular weight excluding hydrogens is 266 g/mol. The van der Waals surface area contributed by atoms with Crippen molar-refractivity contribution in [1.29, 1.82) is 0 Å². The fourth-order valence-electron chi connectivity index (χ4n) is 2.78. The zero-order valence-corrected chi connectivity index (χ0v) is 11.7. The minimum Gasteiger partial charge on any atom is -0.356 e. The van der Waals surface area contributed by atoms with E-state index in [0.717, 1.165) is 24.6 Å². The molecule has 0 N–H and O–H groups in total. The Morgan fingerprint density at radius 3 is 2.76 bits per heavy atom. The van der Waals surface area contributed by atoms with Crippen molar-refractivity contribution >= 4 is 5.82 Å². The predicted molar refractivity (Wildman–Crippen MR) is 78.2 cm³/mol. The molecule has 0 atom stereocenters. The first-order valence-electron chi connectivity index (χ1n) is 7.38. The van der Waals surface area contributed by atoms with Crippen molar-refractivity contribution in [3.63, 3.8) is 0 Å². The summed E-state index contributed by atoms with van der Waals surface area (Å²) in [5, 5.41) is 4.51. The smallest absolute Gasteiger partial charge is 0.266 e. The summed E-state index contributed by atoms with van der Waals surface area (Å²) in [6.45, 7) is 2.53. The molecule has 108 valence electrons. The summed E-state index contributed by atoms with van der Waals surface area (Å²) >= 11 is 0.